The van der Waals surface area contributed by atoms with Crippen molar-refractivity contribution >= 4 is 32.7 Å². The summed E-state index contributed by atoms with van der Waals surface area (Å²) in [6.07, 6.45) is 3.98. The summed E-state index contributed by atoms with van der Waals surface area (Å²) in [5.74, 6) is -0.135. The maximum absolute atomic E-state index is 12.9. The topological polar surface area (TPSA) is 66.1 Å². The van der Waals surface area contributed by atoms with E-state index in [1.54, 1.807) is 23.4 Å². The number of nitrogens with zero attached hydrogens (tertiary/aromatic N) is 2. The third kappa shape index (κ3) is 4.02. The fourth-order valence-electron chi connectivity index (χ4n) is 2.92. The van der Waals surface area contributed by atoms with E-state index in [0.717, 1.165) is 27.4 Å². The molecule has 134 valence electrons. The van der Waals surface area contributed by atoms with Crippen molar-refractivity contribution in [3.05, 3.63) is 74.2 Å². The van der Waals surface area contributed by atoms with Crippen LogP contribution in [-0.4, -0.2) is 27.3 Å². The van der Waals surface area contributed by atoms with Gasteiger partial charge in [0.05, 0.1) is 12.1 Å². The van der Waals surface area contributed by atoms with Crippen molar-refractivity contribution in [2.24, 2.45) is 0 Å². The standard InChI is InChI=1S/C20H20BrN3O2/c1-3-6-24(20(26)15-9-17(21)11-22-10-15)12-16-8-14-5-4-13(2)7-18(14)23-19(16)25/h4-5,7-11H,3,6,12H2,1-2H3,(H,23,25). The minimum absolute atomic E-state index is 0.135. The number of hydrogen-bond donors (Lipinski definition) is 1. The van der Waals surface area contributed by atoms with Crippen LogP contribution in [0.1, 0.15) is 34.8 Å². The van der Waals surface area contributed by atoms with Crippen LogP contribution < -0.4 is 5.56 Å². The lowest BCUT2D eigenvalue weighted by atomic mass is 10.1. The molecular weight excluding hydrogens is 394 g/mol. The number of pyridine rings is 2. The Labute approximate surface area is 160 Å². The normalized spacial score (nSPS) is 10.9. The Bertz CT molecular complexity index is 1010. The van der Waals surface area contributed by atoms with Crippen LogP contribution in [0.2, 0.25) is 0 Å². The molecule has 2 heterocycles. The number of aryl methyl sites for hydroxylation is 1. The van der Waals surface area contributed by atoms with Crippen LogP contribution in [0.5, 0.6) is 0 Å². The van der Waals surface area contributed by atoms with Gasteiger partial charge in [0, 0.05) is 34.5 Å². The predicted octanol–water partition coefficient (Wildman–Crippen LogP) is 4.05. The van der Waals surface area contributed by atoms with Gasteiger partial charge in [0.25, 0.3) is 11.5 Å². The molecular formula is C20H20BrN3O2. The van der Waals surface area contributed by atoms with Crippen molar-refractivity contribution in [2.45, 2.75) is 26.8 Å². The van der Waals surface area contributed by atoms with Gasteiger partial charge in [-0.15, -0.1) is 0 Å². The van der Waals surface area contributed by atoms with Gasteiger partial charge in [0.2, 0.25) is 0 Å². The van der Waals surface area contributed by atoms with Gasteiger partial charge in [-0.1, -0.05) is 19.1 Å². The lowest BCUT2D eigenvalue weighted by Crippen LogP contribution is -2.33. The Balaban J connectivity index is 1.94. The molecule has 0 unspecified atom stereocenters. The number of H-pyrrole nitrogens is 1. The van der Waals surface area contributed by atoms with E-state index < -0.39 is 0 Å². The number of rotatable bonds is 5. The lowest BCUT2D eigenvalue weighted by Gasteiger charge is -2.22. The molecule has 1 N–H and O–H groups in total. The maximum Gasteiger partial charge on any atom is 0.255 e. The number of carbonyl (C=O) groups is 1. The summed E-state index contributed by atoms with van der Waals surface area (Å²) < 4.78 is 0.749. The third-order valence-corrected chi connectivity index (χ3v) is 4.61. The van der Waals surface area contributed by atoms with E-state index in [2.05, 4.69) is 25.9 Å². The van der Waals surface area contributed by atoms with E-state index >= 15 is 0 Å². The van der Waals surface area contributed by atoms with Gasteiger partial charge in [0.1, 0.15) is 0 Å². The Morgan fingerprint density at radius 1 is 1.23 bits per heavy atom. The van der Waals surface area contributed by atoms with Crippen molar-refractivity contribution < 1.29 is 4.79 Å². The molecule has 6 heteroatoms. The van der Waals surface area contributed by atoms with Gasteiger partial charge in [-0.05, 0) is 58.4 Å². The number of carbonyl (C=O) groups excluding carboxylic acids is 1. The number of aromatic amines is 1. The highest BCUT2D eigenvalue weighted by molar-refractivity contribution is 9.10. The van der Waals surface area contributed by atoms with Gasteiger partial charge in [-0.2, -0.15) is 0 Å². The van der Waals surface area contributed by atoms with Crippen LogP contribution in [-0.2, 0) is 6.54 Å². The largest absolute Gasteiger partial charge is 0.334 e. The van der Waals surface area contributed by atoms with Gasteiger partial charge in [-0.3, -0.25) is 14.6 Å². The third-order valence-electron chi connectivity index (χ3n) is 4.17. The van der Waals surface area contributed by atoms with Crippen molar-refractivity contribution in [1.82, 2.24) is 14.9 Å². The second-order valence-corrected chi connectivity index (χ2v) is 7.25. The number of benzene rings is 1. The molecule has 26 heavy (non-hydrogen) atoms. The summed E-state index contributed by atoms with van der Waals surface area (Å²) in [6, 6.07) is 9.54. The summed E-state index contributed by atoms with van der Waals surface area (Å²) >= 11 is 3.34. The first-order valence-electron chi connectivity index (χ1n) is 8.50. The van der Waals surface area contributed by atoms with Gasteiger partial charge < -0.3 is 9.88 Å². The van der Waals surface area contributed by atoms with Crippen LogP contribution in [0, 0.1) is 6.92 Å². The molecule has 0 aliphatic carbocycles. The fraction of sp³-hybridized carbons (Fsp3) is 0.250. The van der Waals surface area contributed by atoms with Gasteiger partial charge in [0.15, 0.2) is 0 Å². The summed E-state index contributed by atoms with van der Waals surface area (Å²) in [7, 11) is 0. The van der Waals surface area contributed by atoms with E-state index in [0.29, 0.717) is 17.7 Å². The van der Waals surface area contributed by atoms with Gasteiger partial charge in [-0.25, -0.2) is 0 Å². The highest BCUT2D eigenvalue weighted by Gasteiger charge is 2.18. The Hall–Kier alpha value is -2.47. The van der Waals surface area contributed by atoms with Crippen molar-refractivity contribution in [3.63, 3.8) is 0 Å². The second-order valence-electron chi connectivity index (χ2n) is 6.33. The molecule has 0 saturated carbocycles. The minimum Gasteiger partial charge on any atom is -0.334 e. The van der Waals surface area contributed by atoms with Crippen LogP contribution in [0.15, 0.2) is 52.0 Å². The lowest BCUT2D eigenvalue weighted by molar-refractivity contribution is 0.0742. The molecule has 1 amide bonds. The van der Waals surface area contributed by atoms with E-state index in [1.165, 1.54) is 0 Å². The molecule has 0 atom stereocenters. The Morgan fingerprint density at radius 2 is 2.04 bits per heavy atom. The molecule has 0 fully saturated rings. The number of fused-ring (bicyclic) bond motifs is 1. The molecule has 1 aromatic carbocycles. The number of nitrogens with one attached hydrogen (secondary N) is 1. The predicted molar refractivity (Wildman–Crippen MR) is 106 cm³/mol. The SMILES string of the molecule is CCCN(Cc1cc2ccc(C)cc2[nH]c1=O)C(=O)c1cncc(Br)c1. The smallest absolute Gasteiger partial charge is 0.255 e. The summed E-state index contributed by atoms with van der Waals surface area (Å²) in [5.41, 5.74) is 2.81. The highest BCUT2D eigenvalue weighted by Crippen LogP contribution is 2.16. The zero-order valence-electron chi connectivity index (χ0n) is 14.8. The molecule has 3 aromatic rings. The summed E-state index contributed by atoms with van der Waals surface area (Å²) in [5, 5.41) is 0.957. The molecule has 0 radical (unpaired) electrons. The first kappa shape index (κ1) is 18.3. The summed E-state index contributed by atoms with van der Waals surface area (Å²) in [4.78, 5) is 34.0. The quantitative estimate of drug-likeness (QED) is 0.685. The molecule has 0 saturated heterocycles. The van der Waals surface area contributed by atoms with Gasteiger partial charge >= 0.3 is 0 Å². The van der Waals surface area contributed by atoms with Crippen LogP contribution in [0.4, 0.5) is 0 Å². The molecule has 2 aromatic heterocycles. The Kier molecular flexibility index (Phi) is 5.52. The number of aromatic nitrogens is 2. The first-order chi connectivity index (χ1) is 12.5. The maximum atomic E-state index is 12.9. The van der Waals surface area contributed by atoms with E-state index in [9.17, 15) is 9.59 Å². The van der Waals surface area contributed by atoms with E-state index in [-0.39, 0.29) is 18.0 Å². The molecule has 3 rings (SSSR count). The monoisotopic (exact) mass is 413 g/mol. The number of hydrogen-bond acceptors (Lipinski definition) is 3. The number of halogens is 1. The minimum atomic E-state index is -0.163. The van der Waals surface area contributed by atoms with Crippen molar-refractivity contribution in [1.29, 1.82) is 0 Å². The average molecular weight is 414 g/mol. The molecule has 0 spiro atoms. The van der Waals surface area contributed by atoms with Crippen LogP contribution in [0.3, 0.4) is 0 Å². The second kappa shape index (κ2) is 7.83. The first-order valence-corrected chi connectivity index (χ1v) is 9.29. The van der Waals surface area contributed by atoms with Crippen LogP contribution >= 0.6 is 15.9 Å². The molecule has 0 bridgehead atoms. The van der Waals surface area contributed by atoms with E-state index in [1.807, 2.05) is 38.1 Å². The Morgan fingerprint density at radius 3 is 2.77 bits per heavy atom. The van der Waals surface area contributed by atoms with E-state index in [4.69, 9.17) is 0 Å². The molecule has 5 nitrogen and oxygen atoms in total. The zero-order valence-corrected chi connectivity index (χ0v) is 16.3. The summed E-state index contributed by atoms with van der Waals surface area (Å²) in [6.45, 7) is 4.82. The van der Waals surface area contributed by atoms with Crippen molar-refractivity contribution in [3.8, 4) is 0 Å². The number of amides is 1. The highest BCUT2D eigenvalue weighted by atomic mass is 79.9. The molecule has 0 aliphatic rings. The average Bonchev–Trinajstić information content (AvgIpc) is 2.61. The fourth-order valence-corrected chi connectivity index (χ4v) is 3.28. The molecule has 0 aliphatic heterocycles. The van der Waals surface area contributed by atoms with Crippen LogP contribution in [0.25, 0.3) is 10.9 Å². The zero-order chi connectivity index (χ0) is 18.7. The van der Waals surface area contributed by atoms with Crippen molar-refractivity contribution in [2.75, 3.05) is 6.54 Å².